The Hall–Kier alpha value is -1.29. The molecular formula is C19H37N2O2+. The molecule has 1 aliphatic heterocycles. The minimum atomic E-state index is -0.307. The molecule has 1 unspecified atom stereocenters. The van der Waals surface area contributed by atoms with Crippen LogP contribution in [-0.2, 0) is 9.53 Å². The lowest BCUT2D eigenvalue weighted by Gasteiger charge is -2.12. The van der Waals surface area contributed by atoms with E-state index in [0.717, 1.165) is 19.5 Å². The topological polar surface area (TPSA) is 34.0 Å². The van der Waals surface area contributed by atoms with Gasteiger partial charge in [-0.1, -0.05) is 52.5 Å². The Kier molecular flexibility index (Phi) is 13.5. The van der Waals surface area contributed by atoms with Gasteiger partial charge in [-0.05, 0) is 19.3 Å². The van der Waals surface area contributed by atoms with Crippen molar-refractivity contribution in [3.63, 3.8) is 0 Å². The molecule has 0 saturated heterocycles. The second-order valence-electron chi connectivity index (χ2n) is 6.19. The number of hydrogen-bond acceptors (Lipinski definition) is 3. The Labute approximate surface area is 143 Å². The third kappa shape index (κ3) is 11.9. The summed E-state index contributed by atoms with van der Waals surface area (Å²) in [5, 5.41) is 0. The zero-order valence-electron chi connectivity index (χ0n) is 14.2. The summed E-state index contributed by atoms with van der Waals surface area (Å²) >= 11 is 0. The van der Waals surface area contributed by atoms with Gasteiger partial charge in [0.15, 0.2) is 6.67 Å². The summed E-state index contributed by atoms with van der Waals surface area (Å²) in [7, 11) is 2.13. The molecule has 0 bridgehead atoms. The number of unbranched alkanes of at least 4 members (excludes halogenated alkanes) is 8. The normalized spacial score (nSPS) is 16.2. The summed E-state index contributed by atoms with van der Waals surface area (Å²) in [6.45, 7) is 6.31. The Morgan fingerprint density at radius 3 is 2.22 bits per heavy atom. The van der Waals surface area contributed by atoms with Crippen molar-refractivity contribution in [2.24, 2.45) is 0 Å². The molecule has 0 aliphatic carbocycles. The minimum Gasteiger partial charge on any atom is -0.463 e. The van der Waals surface area contributed by atoms with E-state index in [4.69, 9.17) is 4.74 Å². The van der Waals surface area contributed by atoms with Gasteiger partial charge in [-0.2, -0.15) is 0 Å². The Bertz CT molecular complexity index is 342. The summed E-state index contributed by atoms with van der Waals surface area (Å²) in [5.41, 5.74) is 0. The number of nitrogens with zero attached hydrogens (tertiary/aromatic N) is 1. The molecule has 0 radical (unpaired) electrons. The lowest BCUT2D eigenvalue weighted by Crippen LogP contribution is -3.07. The minimum absolute atomic E-state index is 0. The fourth-order valence-electron chi connectivity index (χ4n) is 2.74. The van der Waals surface area contributed by atoms with Crippen LogP contribution in [-0.4, -0.2) is 37.7 Å². The monoisotopic (exact) mass is 325 g/mol. The molecule has 0 spiro atoms. The first-order chi connectivity index (χ1) is 10.7. The Balaban J connectivity index is 0.00000484. The summed E-state index contributed by atoms with van der Waals surface area (Å²) in [6.07, 6.45) is 17.1. The quantitative estimate of drug-likeness (QED) is 0.321. The molecule has 23 heavy (non-hydrogen) atoms. The van der Waals surface area contributed by atoms with E-state index >= 15 is 0 Å². The van der Waals surface area contributed by atoms with E-state index < -0.39 is 0 Å². The second-order valence-corrected chi connectivity index (χ2v) is 6.19. The number of carbonyl (C=O) groups excluding carboxylic acids is 1. The van der Waals surface area contributed by atoms with Crippen LogP contribution in [0.4, 0.5) is 0 Å². The Morgan fingerprint density at radius 2 is 1.70 bits per heavy atom. The van der Waals surface area contributed by atoms with Gasteiger partial charge in [-0.3, -0.25) is 4.90 Å². The van der Waals surface area contributed by atoms with Gasteiger partial charge in [0.1, 0.15) is 6.20 Å². The van der Waals surface area contributed by atoms with Crippen LogP contribution < -0.4 is 4.90 Å². The van der Waals surface area contributed by atoms with E-state index in [0.29, 0.717) is 6.61 Å². The first kappa shape index (κ1) is 21.7. The molecule has 1 rings (SSSR count). The molecule has 1 aliphatic rings. The Morgan fingerprint density at radius 1 is 1.13 bits per heavy atom. The number of nitrogens with one attached hydrogen (secondary N) is 1. The fourth-order valence-corrected chi connectivity index (χ4v) is 2.74. The average Bonchev–Trinajstić information content (AvgIpc) is 2.93. The molecule has 1 atom stereocenters. The number of hydrogen-bond donors (Lipinski definition) is 1. The van der Waals surface area contributed by atoms with E-state index in [1.807, 2.05) is 0 Å². The predicted molar refractivity (Wildman–Crippen MR) is 97.0 cm³/mol. The smallest absolute Gasteiger partial charge is 0.330 e. The molecule has 4 nitrogen and oxygen atoms in total. The van der Waals surface area contributed by atoms with Gasteiger partial charge in [-0.25, -0.2) is 4.79 Å². The van der Waals surface area contributed by atoms with Gasteiger partial charge in [0.25, 0.3) is 0 Å². The number of rotatable bonds is 13. The van der Waals surface area contributed by atoms with Crippen molar-refractivity contribution in [1.29, 1.82) is 0 Å². The number of carbonyl (C=O) groups is 1. The van der Waals surface area contributed by atoms with Crippen LogP contribution >= 0.6 is 0 Å². The van der Waals surface area contributed by atoms with E-state index in [1.54, 1.807) is 4.90 Å². The molecule has 134 valence electrons. The fraction of sp³-hybridized carbons (Fsp3) is 0.737. The van der Waals surface area contributed by atoms with Crippen molar-refractivity contribution in [2.75, 3.05) is 26.9 Å². The van der Waals surface area contributed by atoms with Crippen molar-refractivity contribution in [3.05, 3.63) is 25.1 Å². The summed E-state index contributed by atoms with van der Waals surface area (Å²) in [5.74, 6) is -0.307. The van der Waals surface area contributed by atoms with Crippen LogP contribution in [0.5, 0.6) is 0 Å². The molecule has 0 saturated carbocycles. The summed E-state index contributed by atoms with van der Waals surface area (Å²) in [6, 6.07) is 0. The molecule has 0 aromatic rings. The average molecular weight is 326 g/mol. The zero-order valence-corrected chi connectivity index (χ0v) is 14.2. The molecule has 0 fully saturated rings. The molecule has 0 amide bonds. The largest absolute Gasteiger partial charge is 0.463 e. The maximum Gasteiger partial charge on any atom is 0.330 e. The van der Waals surface area contributed by atoms with E-state index in [-0.39, 0.29) is 13.4 Å². The lowest BCUT2D eigenvalue weighted by atomic mass is 10.1. The number of quaternary nitrogens is 1. The molecule has 1 N–H and O–H groups in total. The predicted octanol–water partition coefficient (Wildman–Crippen LogP) is 3.12. The van der Waals surface area contributed by atoms with Crippen LogP contribution in [0.2, 0.25) is 0 Å². The van der Waals surface area contributed by atoms with Crippen LogP contribution in [0.25, 0.3) is 0 Å². The van der Waals surface area contributed by atoms with Gasteiger partial charge in [0.05, 0.1) is 19.4 Å². The zero-order chi connectivity index (χ0) is 16.0. The molecule has 0 aromatic carbocycles. The third-order valence-corrected chi connectivity index (χ3v) is 4.07. The van der Waals surface area contributed by atoms with Crippen molar-refractivity contribution >= 4 is 5.97 Å². The van der Waals surface area contributed by atoms with E-state index in [1.165, 1.54) is 57.6 Å². The highest BCUT2D eigenvalue weighted by Crippen LogP contribution is 2.09. The van der Waals surface area contributed by atoms with Crippen molar-refractivity contribution in [1.82, 2.24) is 4.90 Å². The lowest BCUT2D eigenvalue weighted by molar-refractivity contribution is -0.848. The SMILES string of the molecule is C.C=CC(=O)OCCCCCCCCCCC[NH+]1C=CN(C)C1. The van der Waals surface area contributed by atoms with Crippen LogP contribution in [0.15, 0.2) is 25.1 Å². The highest BCUT2D eigenvalue weighted by atomic mass is 16.5. The number of esters is 1. The third-order valence-electron chi connectivity index (χ3n) is 4.07. The molecule has 4 heteroatoms. The number of ether oxygens (including phenoxy) is 1. The van der Waals surface area contributed by atoms with Crippen LogP contribution in [0, 0.1) is 0 Å². The van der Waals surface area contributed by atoms with Crippen molar-refractivity contribution < 1.29 is 14.4 Å². The van der Waals surface area contributed by atoms with Gasteiger partial charge in [-0.15, -0.1) is 0 Å². The molecular weight excluding hydrogens is 288 g/mol. The maximum absolute atomic E-state index is 10.8. The van der Waals surface area contributed by atoms with E-state index in [2.05, 4.69) is 30.9 Å². The van der Waals surface area contributed by atoms with Crippen molar-refractivity contribution in [2.45, 2.75) is 65.2 Å². The molecule has 0 aromatic heterocycles. The van der Waals surface area contributed by atoms with Gasteiger partial charge in [0, 0.05) is 13.1 Å². The first-order valence-electron chi connectivity index (χ1n) is 8.74. The van der Waals surface area contributed by atoms with Crippen LogP contribution in [0.3, 0.4) is 0 Å². The van der Waals surface area contributed by atoms with Gasteiger partial charge >= 0.3 is 5.97 Å². The van der Waals surface area contributed by atoms with Gasteiger partial charge in [0.2, 0.25) is 0 Å². The highest BCUT2D eigenvalue weighted by Gasteiger charge is 2.12. The van der Waals surface area contributed by atoms with Crippen molar-refractivity contribution in [3.8, 4) is 0 Å². The summed E-state index contributed by atoms with van der Waals surface area (Å²) < 4.78 is 4.95. The summed E-state index contributed by atoms with van der Waals surface area (Å²) in [4.78, 5) is 14.7. The first-order valence-corrected chi connectivity index (χ1v) is 8.74. The highest BCUT2D eigenvalue weighted by molar-refractivity contribution is 5.81. The maximum atomic E-state index is 10.8. The van der Waals surface area contributed by atoms with Crippen LogP contribution in [0.1, 0.15) is 65.2 Å². The molecule has 1 heterocycles. The standard InChI is InChI=1S/C18H32N2O2.CH4/c1-3-18(21)22-16-12-10-8-6-4-5-7-9-11-13-20-15-14-19(2)17-20;/h3,14-15H,1,4-13,16-17H2,2H3;1H4/p+1. The van der Waals surface area contributed by atoms with Gasteiger partial charge < -0.3 is 9.64 Å². The second kappa shape index (κ2) is 14.3. The van der Waals surface area contributed by atoms with E-state index in [9.17, 15) is 4.79 Å².